The number of anilines is 1. The van der Waals surface area contributed by atoms with E-state index in [1.807, 2.05) is 60.7 Å². The Kier molecular flexibility index (Phi) is 6.42. The fraction of sp³-hybridized carbons (Fsp3) is 0.160. The van der Waals surface area contributed by atoms with E-state index in [-0.39, 0.29) is 5.91 Å². The van der Waals surface area contributed by atoms with Crippen LogP contribution in [0.4, 0.5) is 5.69 Å². The molecule has 0 aliphatic heterocycles. The minimum atomic E-state index is -0.0429. The summed E-state index contributed by atoms with van der Waals surface area (Å²) in [4.78, 5) is 15.7. The Morgan fingerprint density at radius 3 is 2.53 bits per heavy atom. The molecule has 0 unspecified atom stereocenters. The zero-order chi connectivity index (χ0) is 20.6. The van der Waals surface area contributed by atoms with Crippen molar-refractivity contribution in [1.29, 1.82) is 0 Å². The van der Waals surface area contributed by atoms with Crippen LogP contribution in [0.3, 0.4) is 0 Å². The van der Waals surface area contributed by atoms with Crippen LogP contribution < -0.4 is 15.4 Å². The second-order valence-corrected chi connectivity index (χ2v) is 7.07. The van der Waals surface area contributed by atoms with Gasteiger partial charge in [-0.15, -0.1) is 0 Å². The van der Waals surface area contributed by atoms with Crippen LogP contribution in [0.5, 0.6) is 11.5 Å². The Morgan fingerprint density at radius 2 is 1.63 bits per heavy atom. The van der Waals surface area contributed by atoms with E-state index in [0.717, 1.165) is 24.2 Å². The third-order valence-corrected chi connectivity index (χ3v) is 4.91. The maximum atomic E-state index is 12.4. The molecule has 0 aliphatic carbocycles. The van der Waals surface area contributed by atoms with Crippen molar-refractivity contribution in [3.63, 3.8) is 0 Å². The fourth-order valence-electron chi connectivity index (χ4n) is 3.38. The summed E-state index contributed by atoms with van der Waals surface area (Å²) >= 11 is 0. The van der Waals surface area contributed by atoms with E-state index < -0.39 is 0 Å². The Morgan fingerprint density at radius 1 is 0.867 bits per heavy atom. The Balaban J connectivity index is 1.23. The van der Waals surface area contributed by atoms with Crippen LogP contribution in [-0.4, -0.2) is 24.0 Å². The maximum absolute atomic E-state index is 12.4. The molecule has 0 saturated heterocycles. The zero-order valence-electron chi connectivity index (χ0n) is 16.7. The number of aromatic nitrogens is 1. The highest BCUT2D eigenvalue weighted by Gasteiger charge is 2.08. The molecule has 3 aromatic carbocycles. The van der Waals surface area contributed by atoms with Gasteiger partial charge in [0.25, 0.3) is 0 Å². The molecule has 0 atom stereocenters. The Bertz CT molecular complexity index is 1110. The first-order chi connectivity index (χ1) is 14.8. The van der Waals surface area contributed by atoms with Gasteiger partial charge in [-0.1, -0.05) is 48.5 Å². The number of carbonyl (C=O) groups excluding carboxylic acids is 1. The lowest BCUT2D eigenvalue weighted by molar-refractivity contribution is -0.116. The topological polar surface area (TPSA) is 66.2 Å². The first-order valence-corrected chi connectivity index (χ1v) is 10.2. The van der Waals surface area contributed by atoms with Gasteiger partial charge in [-0.05, 0) is 48.9 Å². The van der Waals surface area contributed by atoms with Crippen molar-refractivity contribution >= 4 is 22.5 Å². The number of rotatable bonds is 9. The van der Waals surface area contributed by atoms with Gasteiger partial charge in [0.1, 0.15) is 5.75 Å². The lowest BCUT2D eigenvalue weighted by atomic mass is 10.1. The summed E-state index contributed by atoms with van der Waals surface area (Å²) in [5.74, 6) is 1.32. The maximum Gasteiger partial charge on any atom is 0.225 e. The molecule has 1 heterocycles. The summed E-state index contributed by atoms with van der Waals surface area (Å²) in [5.41, 5.74) is 3.11. The summed E-state index contributed by atoms with van der Waals surface area (Å²) in [6.45, 7) is 1.44. The molecular weight excluding hydrogens is 374 g/mol. The second kappa shape index (κ2) is 9.76. The summed E-state index contributed by atoms with van der Waals surface area (Å²) in [6.07, 6.45) is 3.37. The molecule has 0 radical (unpaired) electrons. The van der Waals surface area contributed by atoms with E-state index in [1.165, 1.54) is 10.9 Å². The van der Waals surface area contributed by atoms with Crippen LogP contribution in [-0.2, 0) is 11.2 Å². The van der Waals surface area contributed by atoms with Crippen molar-refractivity contribution in [3.8, 4) is 11.5 Å². The van der Waals surface area contributed by atoms with Gasteiger partial charge in [0.15, 0.2) is 5.75 Å². The van der Waals surface area contributed by atoms with E-state index in [4.69, 9.17) is 4.74 Å². The number of aromatic amines is 1. The monoisotopic (exact) mass is 399 g/mol. The largest absolute Gasteiger partial charge is 0.455 e. The molecule has 4 aromatic rings. The summed E-state index contributed by atoms with van der Waals surface area (Å²) in [6, 6.07) is 25.3. The normalized spacial score (nSPS) is 10.8. The molecule has 30 heavy (non-hydrogen) atoms. The highest BCUT2D eigenvalue weighted by molar-refractivity contribution is 5.92. The molecule has 5 nitrogen and oxygen atoms in total. The summed E-state index contributed by atoms with van der Waals surface area (Å²) in [7, 11) is 0. The van der Waals surface area contributed by atoms with Crippen molar-refractivity contribution in [2.45, 2.75) is 12.8 Å². The van der Waals surface area contributed by atoms with E-state index in [9.17, 15) is 4.79 Å². The highest BCUT2D eigenvalue weighted by Crippen LogP contribution is 2.29. The number of H-pyrrole nitrogens is 1. The van der Waals surface area contributed by atoms with Crippen molar-refractivity contribution in [1.82, 2.24) is 10.3 Å². The van der Waals surface area contributed by atoms with Crippen LogP contribution in [0.25, 0.3) is 10.9 Å². The lowest BCUT2D eigenvalue weighted by Gasteiger charge is -2.12. The van der Waals surface area contributed by atoms with Gasteiger partial charge in [0, 0.05) is 30.1 Å². The number of hydrogen-bond donors (Lipinski definition) is 3. The first-order valence-electron chi connectivity index (χ1n) is 10.2. The molecule has 0 spiro atoms. The van der Waals surface area contributed by atoms with E-state index in [0.29, 0.717) is 24.4 Å². The van der Waals surface area contributed by atoms with Gasteiger partial charge in [-0.2, -0.15) is 0 Å². The average Bonchev–Trinajstić information content (AvgIpc) is 3.19. The van der Waals surface area contributed by atoms with Crippen LogP contribution in [0, 0.1) is 0 Å². The Labute approximate surface area is 176 Å². The third-order valence-electron chi connectivity index (χ3n) is 4.91. The van der Waals surface area contributed by atoms with Gasteiger partial charge in [-0.3, -0.25) is 4.79 Å². The predicted octanol–water partition coefficient (Wildman–Crippen LogP) is 5.12. The van der Waals surface area contributed by atoms with Crippen LogP contribution in [0.15, 0.2) is 85.1 Å². The number of benzene rings is 3. The molecule has 4 rings (SSSR count). The van der Waals surface area contributed by atoms with Crippen LogP contribution in [0.2, 0.25) is 0 Å². The van der Waals surface area contributed by atoms with Crippen molar-refractivity contribution < 1.29 is 9.53 Å². The molecule has 1 amide bonds. The number of carbonyl (C=O) groups is 1. The molecule has 0 aliphatic rings. The lowest BCUT2D eigenvalue weighted by Crippen LogP contribution is -2.23. The molecule has 0 fully saturated rings. The molecule has 0 saturated carbocycles. The number of hydrogen-bond acceptors (Lipinski definition) is 3. The van der Waals surface area contributed by atoms with E-state index in [2.05, 4.69) is 40.0 Å². The van der Waals surface area contributed by atoms with Crippen molar-refractivity contribution in [3.05, 3.63) is 90.6 Å². The van der Waals surface area contributed by atoms with Gasteiger partial charge in [0.05, 0.1) is 5.69 Å². The molecule has 1 aromatic heterocycles. The minimum absolute atomic E-state index is 0.0429. The summed E-state index contributed by atoms with van der Waals surface area (Å²) in [5, 5.41) is 7.56. The number of amides is 1. The standard InChI is InChI=1S/C25H25N3O2/c29-25(15-17-26-16-14-19-18-27-22-11-5-4-10-21(19)22)28-23-12-6-7-13-24(23)30-20-8-2-1-3-9-20/h1-13,18,26-27H,14-17H2,(H,28,29). The molecule has 152 valence electrons. The Hall–Kier alpha value is -3.57. The number of nitrogens with one attached hydrogen (secondary N) is 3. The number of para-hydroxylation sites is 4. The molecular formula is C25H25N3O2. The quantitative estimate of drug-likeness (QED) is 0.342. The van der Waals surface area contributed by atoms with Crippen molar-refractivity contribution in [2.24, 2.45) is 0 Å². The number of fused-ring (bicyclic) bond motifs is 1. The SMILES string of the molecule is O=C(CCNCCc1c[nH]c2ccccc12)Nc1ccccc1Oc1ccccc1. The minimum Gasteiger partial charge on any atom is -0.455 e. The molecule has 0 bridgehead atoms. The molecule has 3 N–H and O–H groups in total. The molecule has 5 heteroatoms. The van der Waals surface area contributed by atoms with Crippen LogP contribution in [0.1, 0.15) is 12.0 Å². The van der Waals surface area contributed by atoms with Gasteiger partial charge in [-0.25, -0.2) is 0 Å². The first kappa shape index (κ1) is 19.7. The highest BCUT2D eigenvalue weighted by atomic mass is 16.5. The van der Waals surface area contributed by atoms with Gasteiger partial charge >= 0.3 is 0 Å². The fourth-order valence-corrected chi connectivity index (χ4v) is 3.38. The summed E-state index contributed by atoms with van der Waals surface area (Å²) < 4.78 is 5.90. The van der Waals surface area contributed by atoms with Gasteiger partial charge in [0.2, 0.25) is 5.91 Å². The van der Waals surface area contributed by atoms with E-state index >= 15 is 0 Å². The zero-order valence-corrected chi connectivity index (χ0v) is 16.7. The predicted molar refractivity (Wildman–Crippen MR) is 121 cm³/mol. The average molecular weight is 399 g/mol. The van der Waals surface area contributed by atoms with Crippen molar-refractivity contribution in [2.75, 3.05) is 18.4 Å². The van der Waals surface area contributed by atoms with Crippen LogP contribution >= 0.6 is 0 Å². The smallest absolute Gasteiger partial charge is 0.225 e. The van der Waals surface area contributed by atoms with Gasteiger partial charge < -0.3 is 20.4 Å². The number of ether oxygens (including phenoxy) is 1. The third kappa shape index (κ3) is 5.07. The second-order valence-electron chi connectivity index (χ2n) is 7.07. The van der Waals surface area contributed by atoms with E-state index in [1.54, 1.807) is 0 Å².